The van der Waals surface area contributed by atoms with Crippen molar-refractivity contribution in [3.8, 4) is 0 Å². The van der Waals surface area contributed by atoms with Gasteiger partial charge in [0.25, 0.3) is 10.0 Å². The monoisotopic (exact) mass is 285 g/mol. The van der Waals surface area contributed by atoms with E-state index in [1.807, 2.05) is 0 Å². The Morgan fingerprint density at radius 2 is 2.00 bits per heavy atom. The summed E-state index contributed by atoms with van der Waals surface area (Å²) in [5.74, 6) is 0. The summed E-state index contributed by atoms with van der Waals surface area (Å²) in [6.07, 6.45) is 3.71. The molecular weight excluding hydrogens is 270 g/mol. The van der Waals surface area contributed by atoms with Crippen molar-refractivity contribution < 1.29 is 18.3 Å². The highest BCUT2D eigenvalue weighted by Crippen LogP contribution is 2.28. The smallest absolute Gasteiger partial charge is 0.407 e. The Labute approximate surface area is 110 Å². The molecule has 0 radical (unpaired) electrons. The van der Waals surface area contributed by atoms with Crippen LogP contribution in [-0.2, 0) is 23.1 Å². The molecule has 7 nitrogen and oxygen atoms in total. The van der Waals surface area contributed by atoms with Crippen LogP contribution in [0, 0.1) is 0 Å². The van der Waals surface area contributed by atoms with Gasteiger partial charge >= 0.3 is 6.09 Å². The lowest BCUT2D eigenvalue weighted by Crippen LogP contribution is -2.27. The van der Waals surface area contributed by atoms with Crippen molar-refractivity contribution in [1.82, 2.24) is 14.1 Å². The van der Waals surface area contributed by atoms with E-state index in [-0.39, 0.29) is 18.3 Å². The number of aromatic nitrogens is 2. The second-order valence-corrected chi connectivity index (χ2v) is 7.13. The molecule has 1 saturated carbocycles. The number of amides is 1. The first-order valence-electron chi connectivity index (χ1n) is 6.28. The first kappa shape index (κ1) is 12.5. The van der Waals surface area contributed by atoms with Crippen LogP contribution < -0.4 is 0 Å². The molecule has 1 aliphatic carbocycles. The minimum absolute atomic E-state index is 0.165. The molecule has 0 bridgehead atoms. The number of fused-ring (bicyclic) bond motifs is 1. The molecule has 0 spiro atoms. The van der Waals surface area contributed by atoms with Crippen LogP contribution >= 0.6 is 0 Å². The van der Waals surface area contributed by atoms with Crippen molar-refractivity contribution in [2.75, 3.05) is 0 Å². The normalized spacial score (nSPS) is 19.9. The van der Waals surface area contributed by atoms with Gasteiger partial charge in [-0.3, -0.25) is 4.90 Å². The molecule has 19 heavy (non-hydrogen) atoms. The minimum atomic E-state index is -3.41. The van der Waals surface area contributed by atoms with E-state index in [0.29, 0.717) is 24.1 Å². The van der Waals surface area contributed by atoms with Crippen LogP contribution in [0.3, 0.4) is 0 Å². The van der Waals surface area contributed by atoms with Gasteiger partial charge in [0.05, 0.1) is 24.0 Å². The maximum Gasteiger partial charge on any atom is 0.407 e. The summed E-state index contributed by atoms with van der Waals surface area (Å²) in [6, 6.07) is 0. The molecule has 2 aliphatic rings. The average Bonchev–Trinajstić information content (AvgIpc) is 3.04. The maximum absolute atomic E-state index is 12.3. The molecule has 8 heteroatoms. The first-order valence-corrected chi connectivity index (χ1v) is 7.78. The summed E-state index contributed by atoms with van der Waals surface area (Å²) < 4.78 is 25.7. The molecular formula is C11H15N3O4S. The molecule has 0 aromatic carbocycles. The Kier molecular flexibility index (Phi) is 2.77. The summed E-state index contributed by atoms with van der Waals surface area (Å²) in [5.41, 5.74) is 1.23. The molecule has 2 heterocycles. The summed E-state index contributed by atoms with van der Waals surface area (Å²) >= 11 is 0. The highest BCUT2D eigenvalue weighted by molar-refractivity contribution is 7.90. The van der Waals surface area contributed by atoms with Crippen molar-refractivity contribution in [1.29, 1.82) is 0 Å². The lowest BCUT2D eigenvalue weighted by atomic mass is 10.3. The lowest BCUT2D eigenvalue weighted by Gasteiger charge is -2.12. The molecule has 0 atom stereocenters. The maximum atomic E-state index is 12.3. The SMILES string of the molecule is O=C(O)N1Cc2cn(S(=O)(=O)C3CCCC3)nc2C1. The number of carboxylic acid groups (broad SMARTS) is 1. The third kappa shape index (κ3) is 1.99. The fourth-order valence-electron chi connectivity index (χ4n) is 2.73. The summed E-state index contributed by atoms with van der Waals surface area (Å²) in [7, 11) is -3.41. The van der Waals surface area contributed by atoms with Crippen molar-refractivity contribution in [3.05, 3.63) is 17.5 Å². The fourth-order valence-corrected chi connectivity index (χ4v) is 4.45. The Bertz CT molecular complexity index is 592. The molecule has 1 aromatic heterocycles. The van der Waals surface area contributed by atoms with Crippen LogP contribution in [0.2, 0.25) is 0 Å². The Balaban J connectivity index is 1.86. The second kappa shape index (κ2) is 4.22. The molecule has 1 amide bonds. The minimum Gasteiger partial charge on any atom is -0.465 e. The highest BCUT2D eigenvalue weighted by atomic mass is 32.2. The van der Waals surface area contributed by atoms with Crippen LogP contribution in [-0.4, -0.2) is 39.0 Å². The number of nitrogens with zero attached hydrogens (tertiary/aromatic N) is 3. The standard InChI is InChI=1S/C11H15N3O4S/c15-11(16)13-5-8-6-14(12-10(8)7-13)19(17,18)9-3-1-2-4-9/h6,9H,1-5,7H2,(H,15,16). The van der Waals surface area contributed by atoms with Crippen molar-refractivity contribution >= 4 is 16.1 Å². The van der Waals surface area contributed by atoms with Gasteiger partial charge in [-0.1, -0.05) is 12.8 Å². The van der Waals surface area contributed by atoms with E-state index in [9.17, 15) is 13.2 Å². The highest BCUT2D eigenvalue weighted by Gasteiger charge is 2.33. The molecule has 1 N–H and O–H groups in total. The van der Waals surface area contributed by atoms with Crippen molar-refractivity contribution in [2.24, 2.45) is 0 Å². The third-order valence-corrected chi connectivity index (χ3v) is 5.84. The molecule has 3 rings (SSSR count). The van der Waals surface area contributed by atoms with E-state index in [4.69, 9.17) is 5.11 Å². The van der Waals surface area contributed by atoms with Gasteiger partial charge in [-0.15, -0.1) is 0 Å². The third-order valence-electron chi connectivity index (χ3n) is 3.81. The predicted molar refractivity (Wildman–Crippen MR) is 66.1 cm³/mol. The summed E-state index contributed by atoms with van der Waals surface area (Å²) in [5, 5.41) is 12.6. The first-order chi connectivity index (χ1) is 8.98. The van der Waals surface area contributed by atoms with Gasteiger partial charge in [0.2, 0.25) is 0 Å². The van der Waals surface area contributed by atoms with E-state index >= 15 is 0 Å². The van der Waals surface area contributed by atoms with E-state index in [0.717, 1.165) is 16.9 Å². The quantitative estimate of drug-likeness (QED) is 0.875. The van der Waals surface area contributed by atoms with E-state index in [2.05, 4.69) is 5.10 Å². The average molecular weight is 285 g/mol. The lowest BCUT2D eigenvalue weighted by molar-refractivity contribution is 0.144. The van der Waals surface area contributed by atoms with E-state index in [1.54, 1.807) is 0 Å². The van der Waals surface area contributed by atoms with Gasteiger partial charge in [0, 0.05) is 11.8 Å². The van der Waals surface area contributed by atoms with E-state index in [1.165, 1.54) is 11.1 Å². The van der Waals surface area contributed by atoms with Crippen LogP contribution in [0.1, 0.15) is 36.9 Å². The molecule has 104 valence electrons. The van der Waals surface area contributed by atoms with Crippen molar-refractivity contribution in [2.45, 2.75) is 44.0 Å². The number of hydrogen-bond donors (Lipinski definition) is 1. The van der Waals surface area contributed by atoms with Gasteiger partial charge in [-0.25, -0.2) is 13.2 Å². The predicted octanol–water partition coefficient (Wildman–Crippen LogP) is 0.997. The summed E-state index contributed by atoms with van der Waals surface area (Å²) in [6.45, 7) is 0.378. The number of rotatable bonds is 2. The topological polar surface area (TPSA) is 92.5 Å². The second-order valence-electron chi connectivity index (χ2n) is 5.06. The van der Waals surface area contributed by atoms with Gasteiger partial charge in [-0.2, -0.15) is 9.19 Å². The Hall–Kier alpha value is -1.57. The van der Waals surface area contributed by atoms with Crippen LogP contribution in [0.5, 0.6) is 0 Å². The van der Waals surface area contributed by atoms with Crippen LogP contribution in [0.15, 0.2) is 6.20 Å². The largest absolute Gasteiger partial charge is 0.465 e. The van der Waals surface area contributed by atoms with Crippen LogP contribution in [0.25, 0.3) is 0 Å². The fraction of sp³-hybridized carbons (Fsp3) is 0.636. The summed E-state index contributed by atoms with van der Waals surface area (Å²) in [4.78, 5) is 12.0. The van der Waals surface area contributed by atoms with E-state index < -0.39 is 16.1 Å². The van der Waals surface area contributed by atoms with Gasteiger partial charge in [-0.05, 0) is 12.8 Å². The van der Waals surface area contributed by atoms with Gasteiger partial charge in [0.1, 0.15) is 0 Å². The zero-order chi connectivity index (χ0) is 13.6. The zero-order valence-electron chi connectivity index (χ0n) is 10.3. The van der Waals surface area contributed by atoms with Gasteiger partial charge in [0.15, 0.2) is 0 Å². The molecule has 1 aromatic rings. The van der Waals surface area contributed by atoms with Crippen LogP contribution in [0.4, 0.5) is 4.79 Å². The Morgan fingerprint density at radius 1 is 1.32 bits per heavy atom. The molecule has 0 saturated heterocycles. The molecule has 0 unspecified atom stereocenters. The Morgan fingerprint density at radius 3 is 2.58 bits per heavy atom. The molecule has 1 aliphatic heterocycles. The van der Waals surface area contributed by atoms with Crippen molar-refractivity contribution in [3.63, 3.8) is 0 Å². The zero-order valence-corrected chi connectivity index (χ0v) is 11.1. The van der Waals surface area contributed by atoms with Gasteiger partial charge < -0.3 is 5.11 Å². The molecule has 1 fully saturated rings. The number of carbonyl (C=O) groups is 1. The number of hydrogen-bond acceptors (Lipinski definition) is 4.